The van der Waals surface area contributed by atoms with E-state index in [1.807, 2.05) is 6.92 Å². The van der Waals surface area contributed by atoms with Crippen LogP contribution in [0.25, 0.3) is 6.08 Å². The van der Waals surface area contributed by atoms with Crippen molar-refractivity contribution in [3.63, 3.8) is 0 Å². The van der Waals surface area contributed by atoms with Crippen LogP contribution in [0.4, 0.5) is 9.18 Å². The number of rotatable bonds is 8. The third-order valence-corrected chi connectivity index (χ3v) is 6.53. The number of amides is 2. The topological polar surface area (TPSA) is 55.8 Å². The smallest absolute Gasteiger partial charge is 0.293 e. The molecule has 0 N–H and O–H groups in total. The molecule has 0 aliphatic carbocycles. The molecule has 0 saturated carbocycles. The van der Waals surface area contributed by atoms with Crippen molar-refractivity contribution in [2.75, 3.05) is 6.61 Å². The molecule has 0 aromatic heterocycles. The maximum Gasteiger partial charge on any atom is 0.293 e. The summed E-state index contributed by atoms with van der Waals surface area (Å²) >= 11 is 13.2. The van der Waals surface area contributed by atoms with Crippen LogP contribution in [0, 0.1) is 5.82 Å². The number of benzene rings is 3. The van der Waals surface area contributed by atoms with Gasteiger partial charge in [-0.1, -0.05) is 53.5 Å². The van der Waals surface area contributed by atoms with Gasteiger partial charge < -0.3 is 9.47 Å². The van der Waals surface area contributed by atoms with Crippen LogP contribution in [0.3, 0.4) is 0 Å². The largest absolute Gasteiger partial charge is 0.490 e. The zero-order valence-corrected chi connectivity index (χ0v) is 20.9. The molecular weight excluding hydrogens is 512 g/mol. The first-order chi connectivity index (χ1) is 16.9. The molecule has 0 unspecified atom stereocenters. The van der Waals surface area contributed by atoms with Crippen LogP contribution in [0.1, 0.15) is 23.6 Å². The minimum Gasteiger partial charge on any atom is -0.490 e. The highest BCUT2D eigenvalue weighted by Crippen LogP contribution is 2.40. The Morgan fingerprint density at radius 2 is 1.77 bits per heavy atom. The molecule has 0 atom stereocenters. The predicted molar refractivity (Wildman–Crippen MR) is 136 cm³/mol. The van der Waals surface area contributed by atoms with Gasteiger partial charge in [0.05, 0.1) is 23.1 Å². The number of imide groups is 1. The first-order valence-corrected chi connectivity index (χ1v) is 12.2. The monoisotopic (exact) mass is 531 g/mol. The number of halogens is 3. The summed E-state index contributed by atoms with van der Waals surface area (Å²) < 4.78 is 25.4. The highest BCUT2D eigenvalue weighted by molar-refractivity contribution is 8.18. The van der Waals surface area contributed by atoms with Gasteiger partial charge in [-0.3, -0.25) is 14.5 Å². The average Bonchev–Trinajstić information content (AvgIpc) is 3.08. The molecule has 0 bridgehead atoms. The van der Waals surface area contributed by atoms with Crippen LogP contribution in [0.2, 0.25) is 10.0 Å². The minimum absolute atomic E-state index is 0.0323. The quantitative estimate of drug-likeness (QED) is 0.284. The van der Waals surface area contributed by atoms with E-state index < -0.39 is 5.91 Å². The first kappa shape index (κ1) is 25.1. The van der Waals surface area contributed by atoms with Crippen molar-refractivity contribution >= 4 is 52.2 Å². The van der Waals surface area contributed by atoms with Crippen molar-refractivity contribution < 1.29 is 23.5 Å². The fourth-order valence-electron chi connectivity index (χ4n) is 3.40. The Kier molecular flexibility index (Phi) is 8.00. The van der Waals surface area contributed by atoms with Crippen LogP contribution in [-0.4, -0.2) is 22.7 Å². The summed E-state index contributed by atoms with van der Waals surface area (Å²) in [5, 5.41) is 0.446. The lowest BCUT2D eigenvalue weighted by molar-refractivity contribution is -0.123. The molecule has 4 rings (SSSR count). The molecule has 1 heterocycles. The Morgan fingerprint density at radius 3 is 2.49 bits per heavy atom. The van der Waals surface area contributed by atoms with Gasteiger partial charge in [-0.25, -0.2) is 4.39 Å². The number of carbonyl (C=O) groups excluding carboxylic acids is 2. The average molecular weight is 532 g/mol. The minimum atomic E-state index is -0.399. The van der Waals surface area contributed by atoms with E-state index in [-0.39, 0.29) is 39.9 Å². The van der Waals surface area contributed by atoms with E-state index in [0.29, 0.717) is 28.5 Å². The van der Waals surface area contributed by atoms with E-state index in [4.69, 9.17) is 32.7 Å². The lowest BCUT2D eigenvalue weighted by atomic mass is 10.1. The zero-order chi connectivity index (χ0) is 24.9. The molecule has 3 aromatic rings. The van der Waals surface area contributed by atoms with Crippen LogP contribution >= 0.6 is 35.0 Å². The van der Waals surface area contributed by atoms with Crippen LogP contribution in [-0.2, 0) is 17.9 Å². The molecule has 35 heavy (non-hydrogen) atoms. The van der Waals surface area contributed by atoms with E-state index in [1.54, 1.807) is 60.7 Å². The van der Waals surface area contributed by atoms with E-state index >= 15 is 0 Å². The van der Waals surface area contributed by atoms with Crippen LogP contribution in [0.5, 0.6) is 11.5 Å². The fraction of sp³-hybridized carbons (Fsp3) is 0.154. The summed E-state index contributed by atoms with van der Waals surface area (Å²) in [7, 11) is 0. The van der Waals surface area contributed by atoms with Gasteiger partial charge in [0.1, 0.15) is 12.4 Å². The highest BCUT2D eigenvalue weighted by Gasteiger charge is 2.35. The molecule has 2 amide bonds. The van der Waals surface area contributed by atoms with Crippen molar-refractivity contribution in [2.45, 2.75) is 20.1 Å². The molecule has 9 heteroatoms. The maximum absolute atomic E-state index is 14.0. The second-order valence-corrected chi connectivity index (χ2v) is 9.37. The Morgan fingerprint density at radius 1 is 1.03 bits per heavy atom. The normalized spacial score (nSPS) is 14.6. The Balaban J connectivity index is 1.55. The first-order valence-electron chi connectivity index (χ1n) is 10.7. The van der Waals surface area contributed by atoms with Gasteiger partial charge in [0.25, 0.3) is 11.1 Å². The number of thioether (sulfide) groups is 1. The number of ether oxygens (including phenoxy) is 2. The van der Waals surface area contributed by atoms with Crippen LogP contribution in [0.15, 0.2) is 65.6 Å². The van der Waals surface area contributed by atoms with Crippen LogP contribution < -0.4 is 9.47 Å². The van der Waals surface area contributed by atoms with Crippen molar-refractivity contribution in [1.29, 1.82) is 0 Å². The molecule has 180 valence electrons. The predicted octanol–water partition coefficient (Wildman–Crippen LogP) is 7.35. The number of carbonyl (C=O) groups is 2. The summed E-state index contributed by atoms with van der Waals surface area (Å²) in [6, 6.07) is 16.5. The number of hydrogen-bond donors (Lipinski definition) is 0. The molecule has 1 fully saturated rings. The highest BCUT2D eigenvalue weighted by atomic mass is 35.5. The van der Waals surface area contributed by atoms with Gasteiger partial charge in [0, 0.05) is 10.6 Å². The summed E-state index contributed by atoms with van der Waals surface area (Å²) in [4.78, 5) is 26.8. The summed E-state index contributed by atoms with van der Waals surface area (Å²) in [5.41, 5.74) is 1.73. The van der Waals surface area contributed by atoms with Crippen molar-refractivity contribution in [2.24, 2.45) is 0 Å². The van der Waals surface area contributed by atoms with E-state index in [9.17, 15) is 14.0 Å². The van der Waals surface area contributed by atoms with Gasteiger partial charge in [-0.05, 0) is 66.2 Å². The third-order valence-electron chi connectivity index (χ3n) is 5.09. The van der Waals surface area contributed by atoms with Gasteiger partial charge in [-0.15, -0.1) is 0 Å². The van der Waals surface area contributed by atoms with Gasteiger partial charge >= 0.3 is 0 Å². The fourth-order valence-corrected chi connectivity index (χ4v) is 4.64. The van der Waals surface area contributed by atoms with E-state index in [2.05, 4.69) is 0 Å². The second kappa shape index (κ2) is 11.2. The zero-order valence-electron chi connectivity index (χ0n) is 18.6. The molecule has 5 nitrogen and oxygen atoms in total. The Bertz CT molecular complexity index is 1300. The standard InChI is InChI=1S/C26H20Cl2FNO4S/c1-2-33-22-12-17(11-20(28)24(22)34-15-18-5-3-4-6-21(18)29)13-23-25(31)30(26(32)35-23)14-16-7-9-19(27)10-8-16/h3-13H,2,14-15H2,1H3/b23-13-. The molecule has 0 radical (unpaired) electrons. The van der Waals surface area contributed by atoms with Crippen molar-refractivity contribution in [3.05, 3.63) is 98.1 Å². The molecule has 1 aliphatic rings. The molecule has 1 saturated heterocycles. The Labute approximate surface area is 216 Å². The molecular formula is C26H20Cl2FNO4S. The third kappa shape index (κ3) is 5.99. The molecule has 0 spiro atoms. The van der Waals surface area contributed by atoms with Gasteiger partial charge in [0.15, 0.2) is 11.5 Å². The number of hydrogen-bond acceptors (Lipinski definition) is 5. The summed E-state index contributed by atoms with van der Waals surface area (Å²) in [5.74, 6) is -0.163. The van der Waals surface area contributed by atoms with E-state index in [0.717, 1.165) is 17.3 Å². The summed E-state index contributed by atoms with van der Waals surface area (Å²) in [6.45, 7) is 2.26. The number of nitrogens with zero attached hydrogens (tertiary/aromatic N) is 1. The van der Waals surface area contributed by atoms with Crippen molar-refractivity contribution in [1.82, 2.24) is 4.90 Å². The maximum atomic E-state index is 14.0. The SMILES string of the molecule is CCOc1cc(/C=C2\SC(=O)N(Cc3ccc(Cl)cc3)C2=O)cc(Cl)c1OCc1ccccc1F. The summed E-state index contributed by atoms with van der Waals surface area (Å²) in [6.07, 6.45) is 1.59. The van der Waals surface area contributed by atoms with Gasteiger partial charge in [-0.2, -0.15) is 0 Å². The Hall–Kier alpha value is -3.00. The lowest BCUT2D eigenvalue weighted by Crippen LogP contribution is -2.27. The molecule has 1 aliphatic heterocycles. The van der Waals surface area contributed by atoms with Gasteiger partial charge in [0.2, 0.25) is 0 Å². The molecule has 3 aromatic carbocycles. The second-order valence-electron chi connectivity index (χ2n) is 7.54. The lowest BCUT2D eigenvalue weighted by Gasteiger charge is -2.15. The van der Waals surface area contributed by atoms with Crippen molar-refractivity contribution in [3.8, 4) is 11.5 Å². The van der Waals surface area contributed by atoms with E-state index in [1.165, 1.54) is 11.0 Å².